The molecule has 5 rings (SSSR count). The van der Waals surface area contributed by atoms with Gasteiger partial charge in [0.2, 0.25) is 11.9 Å². The van der Waals surface area contributed by atoms with E-state index in [1.54, 1.807) is 20.2 Å². The summed E-state index contributed by atoms with van der Waals surface area (Å²) in [5, 5.41) is 10.3. The van der Waals surface area contributed by atoms with Gasteiger partial charge >= 0.3 is 0 Å². The zero-order valence-corrected chi connectivity index (χ0v) is 23.0. The van der Waals surface area contributed by atoms with Crippen molar-refractivity contribution in [3.05, 3.63) is 108 Å². The number of halogens is 1. The van der Waals surface area contributed by atoms with Crippen molar-refractivity contribution in [2.24, 2.45) is 5.92 Å². The molecule has 0 unspecified atom stereocenters. The summed E-state index contributed by atoms with van der Waals surface area (Å²) in [6.45, 7) is 1.76. The number of aromatic amines is 1. The average molecular weight is 539 g/mol. The molecule has 3 aromatic carbocycles. The molecule has 1 amide bonds. The van der Waals surface area contributed by atoms with Crippen LogP contribution in [0.3, 0.4) is 0 Å². The summed E-state index contributed by atoms with van der Waals surface area (Å²) in [6.07, 6.45) is 6.87. The van der Waals surface area contributed by atoms with Crippen LogP contribution in [-0.2, 0) is 4.79 Å². The van der Waals surface area contributed by atoms with E-state index in [0.717, 1.165) is 35.3 Å². The van der Waals surface area contributed by atoms with Gasteiger partial charge in [0.05, 0.1) is 10.9 Å². The van der Waals surface area contributed by atoms with Crippen molar-refractivity contribution in [2.75, 3.05) is 33.8 Å². The van der Waals surface area contributed by atoms with E-state index in [1.165, 1.54) is 22.5 Å². The van der Waals surface area contributed by atoms with E-state index in [0.29, 0.717) is 36.5 Å². The number of H-pyrrole nitrogens is 1. The van der Waals surface area contributed by atoms with Crippen LogP contribution in [0, 0.1) is 11.9 Å². The molecule has 1 aliphatic rings. The molecular weight excluding hydrogens is 503 g/mol. The maximum absolute atomic E-state index is 14.5. The number of likely N-dealkylation sites (N-methyl/N-ethyl adjacent to an activating group) is 1. The zero-order chi connectivity index (χ0) is 27.9. The number of hydrogen-bond acceptors (Lipinski definition) is 4. The third-order valence-electron chi connectivity index (χ3n) is 7.32. The van der Waals surface area contributed by atoms with Gasteiger partial charge in [-0.15, -0.1) is 0 Å². The van der Waals surface area contributed by atoms with Crippen LogP contribution in [0.5, 0.6) is 5.75 Å². The van der Waals surface area contributed by atoms with Gasteiger partial charge in [0.1, 0.15) is 12.4 Å². The maximum Gasteiger partial charge on any atom is 0.245 e. The topological polar surface area (TPSA) is 70.2 Å². The van der Waals surface area contributed by atoms with E-state index >= 15 is 0 Å². The Morgan fingerprint density at radius 2 is 1.80 bits per heavy atom. The van der Waals surface area contributed by atoms with Gasteiger partial charge in [-0.25, -0.2) is 0 Å². The second kappa shape index (κ2) is 12.7. The number of nitrogens with zero attached hydrogens (tertiary/aromatic N) is 2. The minimum absolute atomic E-state index is 0.0332. The lowest BCUT2D eigenvalue weighted by molar-refractivity contribution is -0.123. The standard InChI is InChI=1S/C33H35FN4O2/c1-38(2)30(39)12-7-19-35-20-21-40-27-16-13-25(14-17-27)32(26-15-18-29-28(22-26)33(34)37-36-29)31(24-10-6-11-24)23-8-4-3-5-9-23/h3-5,7-9,12-18,22,24,35H,6,10-11,19-21H2,1-2H3,(H,36,37). The quantitative estimate of drug-likeness (QED) is 0.138. The Hall–Kier alpha value is -4.23. The number of hydrogen-bond donors (Lipinski definition) is 2. The SMILES string of the molecule is CN(C)C(=O)C=CCNCCOc1ccc(C(=C(c2ccccc2)C2CCC2)c2ccc3n[nH]c(F)c3c2)cc1. The van der Waals surface area contributed by atoms with E-state index in [1.807, 2.05) is 42.5 Å². The Kier molecular flexibility index (Phi) is 8.71. The molecule has 7 heteroatoms. The number of carbonyl (C=O) groups excluding carboxylic acids is 1. The van der Waals surface area contributed by atoms with Crippen LogP contribution in [0.2, 0.25) is 0 Å². The molecule has 6 nitrogen and oxygen atoms in total. The molecule has 1 heterocycles. The Morgan fingerprint density at radius 3 is 2.50 bits per heavy atom. The van der Waals surface area contributed by atoms with Crippen LogP contribution >= 0.6 is 0 Å². The van der Waals surface area contributed by atoms with Crippen LogP contribution in [0.1, 0.15) is 36.0 Å². The number of amides is 1. The zero-order valence-electron chi connectivity index (χ0n) is 23.0. The molecule has 0 aliphatic heterocycles. The lowest BCUT2D eigenvalue weighted by Crippen LogP contribution is -2.22. The Labute approximate surface area is 234 Å². The van der Waals surface area contributed by atoms with Crippen molar-refractivity contribution < 1.29 is 13.9 Å². The molecule has 1 saturated carbocycles. The highest BCUT2D eigenvalue weighted by Gasteiger charge is 2.27. The number of rotatable bonds is 11. The maximum atomic E-state index is 14.5. The molecule has 0 atom stereocenters. The summed E-state index contributed by atoms with van der Waals surface area (Å²) >= 11 is 0. The Balaban J connectivity index is 1.39. The first kappa shape index (κ1) is 27.3. The average Bonchev–Trinajstić information content (AvgIpc) is 3.32. The monoisotopic (exact) mass is 538 g/mol. The predicted octanol–water partition coefficient (Wildman–Crippen LogP) is 6.07. The van der Waals surface area contributed by atoms with E-state index in [4.69, 9.17) is 4.74 Å². The van der Waals surface area contributed by atoms with Crippen molar-refractivity contribution in [3.8, 4) is 5.75 Å². The first-order valence-corrected chi connectivity index (χ1v) is 13.8. The molecule has 0 saturated heterocycles. The first-order chi connectivity index (χ1) is 19.5. The number of allylic oxidation sites excluding steroid dienone is 1. The lowest BCUT2D eigenvalue weighted by atomic mass is 9.73. The van der Waals surface area contributed by atoms with Crippen LogP contribution in [0.15, 0.2) is 84.9 Å². The van der Waals surface area contributed by atoms with Gasteiger partial charge in [-0.3, -0.25) is 9.89 Å². The first-order valence-electron chi connectivity index (χ1n) is 13.8. The summed E-state index contributed by atoms with van der Waals surface area (Å²) in [6, 6.07) is 24.5. The normalized spacial score (nSPS) is 14.3. The van der Waals surface area contributed by atoms with E-state index in [9.17, 15) is 9.18 Å². The van der Waals surface area contributed by atoms with E-state index in [2.05, 4.69) is 51.9 Å². The largest absolute Gasteiger partial charge is 0.492 e. The second-order valence-corrected chi connectivity index (χ2v) is 10.3. The minimum atomic E-state index is -0.418. The molecule has 4 aromatic rings. The number of aromatic nitrogens is 2. The van der Waals surface area contributed by atoms with Gasteiger partial charge in [-0.05, 0) is 70.9 Å². The fourth-order valence-electron chi connectivity index (χ4n) is 4.96. The summed E-state index contributed by atoms with van der Waals surface area (Å²) < 4.78 is 20.5. The van der Waals surface area contributed by atoms with Crippen LogP contribution in [0.25, 0.3) is 22.0 Å². The minimum Gasteiger partial charge on any atom is -0.492 e. The molecule has 2 N–H and O–H groups in total. The molecule has 206 valence electrons. The fourth-order valence-corrected chi connectivity index (χ4v) is 4.96. The van der Waals surface area contributed by atoms with E-state index in [-0.39, 0.29) is 5.91 Å². The van der Waals surface area contributed by atoms with Crippen molar-refractivity contribution in [2.45, 2.75) is 19.3 Å². The van der Waals surface area contributed by atoms with Crippen LogP contribution in [0.4, 0.5) is 4.39 Å². The van der Waals surface area contributed by atoms with Crippen molar-refractivity contribution >= 4 is 28.0 Å². The van der Waals surface area contributed by atoms with Crippen molar-refractivity contribution in [1.29, 1.82) is 0 Å². The predicted molar refractivity (Wildman–Crippen MR) is 158 cm³/mol. The summed E-state index contributed by atoms with van der Waals surface area (Å²) in [7, 11) is 3.46. The fraction of sp³-hybridized carbons (Fsp3) is 0.273. The molecule has 40 heavy (non-hydrogen) atoms. The molecular formula is C33H35FN4O2. The highest BCUT2D eigenvalue weighted by Crippen LogP contribution is 2.45. The number of carbonyl (C=O) groups is 1. The van der Waals surface area contributed by atoms with Gasteiger partial charge in [0.25, 0.3) is 0 Å². The second-order valence-electron chi connectivity index (χ2n) is 10.3. The number of ether oxygens (including phenoxy) is 1. The highest BCUT2D eigenvalue weighted by atomic mass is 19.1. The van der Waals surface area contributed by atoms with Gasteiger partial charge < -0.3 is 15.0 Å². The lowest BCUT2D eigenvalue weighted by Gasteiger charge is -2.31. The van der Waals surface area contributed by atoms with Crippen molar-refractivity contribution in [3.63, 3.8) is 0 Å². The third-order valence-corrected chi connectivity index (χ3v) is 7.32. The molecule has 0 bridgehead atoms. The van der Waals surface area contributed by atoms with Gasteiger partial charge in [0.15, 0.2) is 0 Å². The third kappa shape index (κ3) is 6.32. The smallest absolute Gasteiger partial charge is 0.245 e. The summed E-state index contributed by atoms with van der Waals surface area (Å²) in [5.41, 5.74) is 6.26. The molecule has 1 aromatic heterocycles. The van der Waals surface area contributed by atoms with Gasteiger partial charge in [-0.1, -0.05) is 61.0 Å². The molecule has 1 fully saturated rings. The highest BCUT2D eigenvalue weighted by molar-refractivity contribution is 6.01. The summed E-state index contributed by atoms with van der Waals surface area (Å²) in [5.74, 6) is 0.781. The number of fused-ring (bicyclic) bond motifs is 1. The molecule has 0 radical (unpaired) electrons. The Bertz CT molecular complexity index is 1500. The number of nitrogens with one attached hydrogen (secondary N) is 2. The van der Waals surface area contributed by atoms with Crippen molar-refractivity contribution in [1.82, 2.24) is 20.4 Å². The number of benzene rings is 3. The molecule has 0 spiro atoms. The van der Waals surface area contributed by atoms with Gasteiger partial charge in [0, 0.05) is 33.3 Å². The molecule has 1 aliphatic carbocycles. The van der Waals surface area contributed by atoms with Crippen LogP contribution < -0.4 is 10.1 Å². The van der Waals surface area contributed by atoms with Crippen LogP contribution in [-0.4, -0.2) is 54.8 Å². The van der Waals surface area contributed by atoms with Gasteiger partial charge in [-0.2, -0.15) is 9.49 Å². The summed E-state index contributed by atoms with van der Waals surface area (Å²) in [4.78, 5) is 13.1. The van der Waals surface area contributed by atoms with E-state index < -0.39 is 5.95 Å². The Morgan fingerprint density at radius 1 is 1.05 bits per heavy atom.